The lowest BCUT2D eigenvalue weighted by atomic mass is 10.2. The molecule has 0 saturated carbocycles. The molecule has 0 aliphatic rings. The average Bonchev–Trinajstić information content (AvgIpc) is 2.82. The second kappa shape index (κ2) is 8.96. The van der Waals surface area contributed by atoms with Crippen molar-refractivity contribution >= 4 is 0 Å². The maximum Gasteiger partial charge on any atom is 0.411 e. The van der Waals surface area contributed by atoms with Crippen molar-refractivity contribution in [3.8, 4) is 0 Å². The zero-order valence-corrected chi connectivity index (χ0v) is 12.1. The summed E-state index contributed by atoms with van der Waals surface area (Å²) in [6, 6.07) is 0.0133. The second-order valence-corrected chi connectivity index (χ2v) is 4.52. The summed E-state index contributed by atoms with van der Waals surface area (Å²) in [5.41, 5.74) is 0. The number of nitrogens with one attached hydrogen (secondary N) is 1. The lowest BCUT2D eigenvalue weighted by molar-refractivity contribution is -0.177. The molecule has 0 aromatic carbocycles. The van der Waals surface area contributed by atoms with Crippen LogP contribution < -0.4 is 5.32 Å². The normalized spacial score (nSPS) is 13.6. The molecule has 0 aliphatic heterocycles. The number of ether oxygens (including phenoxy) is 2. The second-order valence-electron chi connectivity index (χ2n) is 4.52. The standard InChI is InChI=1S/C12H20F3N3O3/c1-3-4-16-9(6-19-2)5-11-17-10(18-21-11)7-20-8-12(13,14)15/h9,16H,3-8H2,1-2H3. The minimum Gasteiger partial charge on any atom is -0.383 e. The Balaban J connectivity index is 2.41. The fourth-order valence-corrected chi connectivity index (χ4v) is 1.64. The molecule has 0 radical (unpaired) electrons. The Morgan fingerprint density at radius 2 is 2.14 bits per heavy atom. The Morgan fingerprint density at radius 3 is 2.76 bits per heavy atom. The van der Waals surface area contributed by atoms with Crippen LogP contribution in [0.2, 0.25) is 0 Å². The fraction of sp³-hybridized carbons (Fsp3) is 0.833. The highest BCUT2D eigenvalue weighted by Gasteiger charge is 2.27. The van der Waals surface area contributed by atoms with Gasteiger partial charge in [0.1, 0.15) is 13.2 Å². The molecule has 0 saturated heterocycles. The van der Waals surface area contributed by atoms with E-state index in [1.165, 1.54) is 0 Å². The number of rotatable bonds is 10. The predicted molar refractivity (Wildman–Crippen MR) is 67.7 cm³/mol. The van der Waals surface area contributed by atoms with Gasteiger partial charge >= 0.3 is 6.18 Å². The summed E-state index contributed by atoms with van der Waals surface area (Å²) in [5, 5.41) is 6.84. The zero-order valence-electron chi connectivity index (χ0n) is 12.1. The third kappa shape index (κ3) is 7.98. The van der Waals surface area contributed by atoms with Crippen LogP contribution in [-0.2, 0) is 22.5 Å². The molecule has 21 heavy (non-hydrogen) atoms. The van der Waals surface area contributed by atoms with Gasteiger partial charge in [0.25, 0.3) is 0 Å². The topological polar surface area (TPSA) is 69.4 Å². The Hall–Kier alpha value is -1.19. The van der Waals surface area contributed by atoms with E-state index in [0.717, 1.165) is 13.0 Å². The van der Waals surface area contributed by atoms with E-state index in [9.17, 15) is 13.2 Å². The van der Waals surface area contributed by atoms with E-state index < -0.39 is 12.8 Å². The summed E-state index contributed by atoms with van der Waals surface area (Å²) < 4.78 is 50.3. The van der Waals surface area contributed by atoms with Gasteiger partial charge in [0.05, 0.1) is 6.61 Å². The number of hydrogen-bond donors (Lipinski definition) is 1. The lowest BCUT2D eigenvalue weighted by Gasteiger charge is -2.15. The summed E-state index contributed by atoms with van der Waals surface area (Å²) in [6.07, 6.45) is -2.94. The number of aromatic nitrogens is 2. The average molecular weight is 311 g/mol. The van der Waals surface area contributed by atoms with Crippen molar-refractivity contribution in [2.75, 3.05) is 26.9 Å². The van der Waals surface area contributed by atoms with Gasteiger partial charge in [0.15, 0.2) is 5.82 Å². The molecular weight excluding hydrogens is 291 g/mol. The maximum atomic E-state index is 11.9. The van der Waals surface area contributed by atoms with Crippen LogP contribution in [0.25, 0.3) is 0 Å². The minimum absolute atomic E-state index is 0.0133. The van der Waals surface area contributed by atoms with Crippen LogP contribution >= 0.6 is 0 Å². The van der Waals surface area contributed by atoms with Gasteiger partial charge in [0.2, 0.25) is 5.89 Å². The van der Waals surface area contributed by atoms with Crippen molar-refractivity contribution in [3.63, 3.8) is 0 Å². The Kier molecular flexibility index (Phi) is 7.62. The maximum absolute atomic E-state index is 11.9. The highest BCUT2D eigenvalue weighted by Crippen LogP contribution is 2.15. The minimum atomic E-state index is -4.36. The molecule has 0 spiro atoms. The molecule has 122 valence electrons. The molecule has 1 heterocycles. The number of methoxy groups -OCH3 is 1. The van der Waals surface area contributed by atoms with Gasteiger partial charge < -0.3 is 19.3 Å². The van der Waals surface area contributed by atoms with Crippen molar-refractivity contribution in [1.29, 1.82) is 0 Å². The summed E-state index contributed by atoms with van der Waals surface area (Å²) in [6.45, 7) is 1.67. The van der Waals surface area contributed by atoms with Gasteiger partial charge in [0, 0.05) is 19.6 Å². The van der Waals surface area contributed by atoms with Crippen LogP contribution in [-0.4, -0.2) is 49.2 Å². The molecule has 0 fully saturated rings. The third-order valence-electron chi connectivity index (χ3n) is 2.48. The molecule has 1 N–H and O–H groups in total. The van der Waals surface area contributed by atoms with E-state index in [1.807, 2.05) is 6.92 Å². The van der Waals surface area contributed by atoms with Crippen molar-refractivity contribution in [2.24, 2.45) is 0 Å². The number of halogens is 3. The molecule has 0 amide bonds. The monoisotopic (exact) mass is 311 g/mol. The van der Waals surface area contributed by atoms with E-state index in [4.69, 9.17) is 9.26 Å². The van der Waals surface area contributed by atoms with Crippen molar-refractivity contribution < 1.29 is 27.2 Å². The number of hydrogen-bond acceptors (Lipinski definition) is 6. The van der Waals surface area contributed by atoms with Gasteiger partial charge in [-0.05, 0) is 13.0 Å². The molecule has 0 bridgehead atoms. The van der Waals surface area contributed by atoms with Gasteiger partial charge in [-0.2, -0.15) is 18.2 Å². The van der Waals surface area contributed by atoms with Crippen LogP contribution in [0.5, 0.6) is 0 Å². The van der Waals surface area contributed by atoms with Crippen molar-refractivity contribution in [2.45, 2.75) is 38.6 Å². The van der Waals surface area contributed by atoms with E-state index >= 15 is 0 Å². The highest BCUT2D eigenvalue weighted by molar-refractivity contribution is 4.88. The molecular formula is C12H20F3N3O3. The summed E-state index contributed by atoms with van der Waals surface area (Å²) >= 11 is 0. The molecule has 6 nitrogen and oxygen atoms in total. The molecule has 0 aliphatic carbocycles. The van der Waals surface area contributed by atoms with Crippen molar-refractivity contribution in [3.05, 3.63) is 11.7 Å². The van der Waals surface area contributed by atoms with Crippen LogP contribution in [0, 0.1) is 0 Å². The Labute approximate surface area is 121 Å². The largest absolute Gasteiger partial charge is 0.411 e. The first-order chi connectivity index (χ1) is 9.94. The van der Waals surface area contributed by atoms with Gasteiger partial charge in [-0.15, -0.1) is 0 Å². The van der Waals surface area contributed by atoms with E-state index in [1.54, 1.807) is 7.11 Å². The van der Waals surface area contributed by atoms with Crippen LogP contribution in [0.15, 0.2) is 4.52 Å². The number of nitrogens with zero attached hydrogens (tertiary/aromatic N) is 2. The smallest absolute Gasteiger partial charge is 0.383 e. The van der Waals surface area contributed by atoms with Crippen molar-refractivity contribution in [1.82, 2.24) is 15.5 Å². The SMILES string of the molecule is CCCNC(COC)Cc1nc(COCC(F)(F)F)no1. The molecule has 1 aromatic heterocycles. The Morgan fingerprint density at radius 1 is 1.38 bits per heavy atom. The first kappa shape index (κ1) is 17.9. The fourth-order valence-electron chi connectivity index (χ4n) is 1.64. The molecule has 1 unspecified atom stereocenters. The molecule has 1 rings (SSSR count). The Bertz CT molecular complexity index is 399. The predicted octanol–water partition coefficient (Wildman–Crippen LogP) is 1.71. The lowest BCUT2D eigenvalue weighted by Crippen LogP contribution is -2.35. The van der Waals surface area contributed by atoms with E-state index in [2.05, 4.69) is 20.2 Å². The van der Waals surface area contributed by atoms with E-state index in [-0.39, 0.29) is 18.5 Å². The molecule has 1 atom stereocenters. The quantitative estimate of drug-likeness (QED) is 0.709. The first-order valence-corrected chi connectivity index (χ1v) is 6.63. The first-order valence-electron chi connectivity index (χ1n) is 6.63. The van der Waals surface area contributed by atoms with Crippen LogP contribution in [0.4, 0.5) is 13.2 Å². The van der Waals surface area contributed by atoms with Crippen LogP contribution in [0.3, 0.4) is 0 Å². The van der Waals surface area contributed by atoms with Gasteiger partial charge in [-0.1, -0.05) is 12.1 Å². The van der Waals surface area contributed by atoms with E-state index in [0.29, 0.717) is 18.9 Å². The van der Waals surface area contributed by atoms with Gasteiger partial charge in [-0.25, -0.2) is 0 Å². The molecule has 9 heteroatoms. The summed E-state index contributed by atoms with van der Waals surface area (Å²) in [7, 11) is 1.59. The highest BCUT2D eigenvalue weighted by atomic mass is 19.4. The van der Waals surface area contributed by atoms with Crippen LogP contribution in [0.1, 0.15) is 25.1 Å². The molecule has 1 aromatic rings. The number of alkyl halides is 3. The zero-order chi connectivity index (χ0) is 15.7. The van der Waals surface area contributed by atoms with Gasteiger partial charge in [-0.3, -0.25) is 0 Å². The summed E-state index contributed by atoms with van der Waals surface area (Å²) in [4.78, 5) is 3.99. The third-order valence-corrected chi connectivity index (χ3v) is 2.48. The summed E-state index contributed by atoms with van der Waals surface area (Å²) in [5.74, 6) is 0.437.